The first-order valence-electron chi connectivity index (χ1n) is 8.51. The highest BCUT2D eigenvalue weighted by Gasteiger charge is 2.24. The third kappa shape index (κ3) is 5.68. The molecule has 2 aromatic carbocycles. The summed E-state index contributed by atoms with van der Waals surface area (Å²) in [5.74, 6) is -1.26. The standard InChI is InChI=1S/C19H19ClN2O6/c1-2-9-28-14-6-3-12(4-7-14)16(11-18(23)24)21-19(25)15-8-5-13(20)10-17(15)22(26)27/h3-8,10,16H,2,9,11H2,1H3,(H,21,25)(H,23,24). The van der Waals surface area contributed by atoms with E-state index in [1.807, 2.05) is 6.92 Å². The second-order valence-electron chi connectivity index (χ2n) is 5.96. The first-order chi connectivity index (χ1) is 13.3. The van der Waals surface area contributed by atoms with Gasteiger partial charge in [0.1, 0.15) is 11.3 Å². The molecule has 0 spiro atoms. The first-order valence-corrected chi connectivity index (χ1v) is 8.89. The molecule has 8 nitrogen and oxygen atoms in total. The van der Waals surface area contributed by atoms with Crippen molar-refractivity contribution in [2.45, 2.75) is 25.8 Å². The number of aliphatic carboxylic acids is 1. The molecule has 1 amide bonds. The maximum atomic E-state index is 12.6. The maximum Gasteiger partial charge on any atom is 0.305 e. The van der Waals surface area contributed by atoms with Gasteiger partial charge in [-0.25, -0.2) is 0 Å². The van der Waals surface area contributed by atoms with Gasteiger partial charge in [0.05, 0.1) is 24.0 Å². The van der Waals surface area contributed by atoms with Crippen molar-refractivity contribution in [2.24, 2.45) is 0 Å². The van der Waals surface area contributed by atoms with Crippen molar-refractivity contribution in [3.8, 4) is 5.75 Å². The van der Waals surface area contributed by atoms with E-state index >= 15 is 0 Å². The molecule has 0 fully saturated rings. The van der Waals surface area contributed by atoms with Crippen molar-refractivity contribution in [3.05, 3.63) is 68.7 Å². The third-order valence-corrected chi connectivity index (χ3v) is 4.08. The lowest BCUT2D eigenvalue weighted by atomic mass is 10.0. The molecule has 28 heavy (non-hydrogen) atoms. The monoisotopic (exact) mass is 406 g/mol. The molecule has 0 saturated heterocycles. The molecule has 0 saturated carbocycles. The number of benzene rings is 2. The van der Waals surface area contributed by atoms with Gasteiger partial charge in [0.2, 0.25) is 0 Å². The molecule has 0 heterocycles. The molecule has 1 atom stereocenters. The Morgan fingerprint density at radius 3 is 2.50 bits per heavy atom. The smallest absolute Gasteiger partial charge is 0.305 e. The Balaban J connectivity index is 2.26. The van der Waals surface area contributed by atoms with Gasteiger partial charge < -0.3 is 15.2 Å². The zero-order valence-electron chi connectivity index (χ0n) is 15.1. The quantitative estimate of drug-likeness (QED) is 0.480. The molecule has 148 valence electrons. The number of nitro groups is 1. The highest BCUT2D eigenvalue weighted by molar-refractivity contribution is 6.31. The number of hydrogen-bond acceptors (Lipinski definition) is 5. The predicted octanol–water partition coefficient (Wildman–Crippen LogP) is 3.98. The molecule has 0 aliphatic rings. The zero-order chi connectivity index (χ0) is 20.7. The molecule has 0 aliphatic heterocycles. The fraction of sp³-hybridized carbons (Fsp3) is 0.263. The van der Waals surface area contributed by atoms with E-state index in [1.54, 1.807) is 24.3 Å². The number of carboxylic acids is 1. The molecule has 0 aromatic heterocycles. The van der Waals surface area contributed by atoms with E-state index in [-0.39, 0.29) is 17.0 Å². The van der Waals surface area contributed by atoms with Crippen molar-refractivity contribution >= 4 is 29.2 Å². The highest BCUT2D eigenvalue weighted by atomic mass is 35.5. The fourth-order valence-electron chi connectivity index (χ4n) is 2.53. The minimum Gasteiger partial charge on any atom is -0.494 e. The van der Waals surface area contributed by atoms with Crippen molar-refractivity contribution in [2.75, 3.05) is 6.61 Å². The number of ether oxygens (including phenoxy) is 1. The Morgan fingerprint density at radius 1 is 1.25 bits per heavy atom. The van der Waals surface area contributed by atoms with E-state index in [9.17, 15) is 24.8 Å². The van der Waals surface area contributed by atoms with E-state index in [2.05, 4.69) is 5.32 Å². The van der Waals surface area contributed by atoms with Crippen LogP contribution in [0.1, 0.15) is 41.7 Å². The summed E-state index contributed by atoms with van der Waals surface area (Å²) in [5.41, 5.74) is -0.119. The Kier molecular flexibility index (Phi) is 7.34. The molecule has 1 unspecified atom stereocenters. The van der Waals surface area contributed by atoms with Gasteiger partial charge in [-0.3, -0.25) is 19.7 Å². The number of nitrogens with zero attached hydrogens (tertiary/aromatic N) is 1. The molecule has 2 rings (SSSR count). The molecule has 0 bridgehead atoms. The van der Waals surface area contributed by atoms with E-state index in [0.717, 1.165) is 12.5 Å². The Bertz CT molecular complexity index is 869. The lowest BCUT2D eigenvalue weighted by molar-refractivity contribution is -0.385. The number of rotatable bonds is 9. The Hall–Kier alpha value is -3.13. The minimum absolute atomic E-state index is 0.119. The Labute approximate surface area is 166 Å². The van der Waals surface area contributed by atoms with Crippen LogP contribution in [-0.2, 0) is 4.79 Å². The van der Waals surface area contributed by atoms with Crippen LogP contribution in [0, 0.1) is 10.1 Å². The number of nitro benzene ring substituents is 1. The predicted molar refractivity (Wildman–Crippen MR) is 103 cm³/mol. The fourth-order valence-corrected chi connectivity index (χ4v) is 2.69. The Morgan fingerprint density at radius 2 is 1.93 bits per heavy atom. The van der Waals surface area contributed by atoms with Crippen LogP contribution < -0.4 is 10.1 Å². The highest BCUT2D eigenvalue weighted by Crippen LogP contribution is 2.25. The van der Waals surface area contributed by atoms with Crippen molar-refractivity contribution < 1.29 is 24.4 Å². The van der Waals surface area contributed by atoms with E-state index in [4.69, 9.17) is 16.3 Å². The van der Waals surface area contributed by atoms with Crippen molar-refractivity contribution in [3.63, 3.8) is 0 Å². The van der Waals surface area contributed by atoms with Crippen molar-refractivity contribution in [1.82, 2.24) is 5.32 Å². The third-order valence-electron chi connectivity index (χ3n) is 3.84. The van der Waals surface area contributed by atoms with Gasteiger partial charge in [0.25, 0.3) is 11.6 Å². The topological polar surface area (TPSA) is 119 Å². The second-order valence-corrected chi connectivity index (χ2v) is 6.40. The van der Waals surface area contributed by atoms with Crippen LogP contribution in [0.25, 0.3) is 0 Å². The zero-order valence-corrected chi connectivity index (χ0v) is 15.8. The second kappa shape index (κ2) is 9.70. The molecule has 9 heteroatoms. The summed E-state index contributed by atoms with van der Waals surface area (Å²) < 4.78 is 5.48. The van der Waals surface area contributed by atoms with Gasteiger partial charge in [0, 0.05) is 11.1 Å². The number of nitrogens with one attached hydrogen (secondary N) is 1. The summed E-state index contributed by atoms with van der Waals surface area (Å²) in [6.45, 7) is 2.53. The average molecular weight is 407 g/mol. The molecular formula is C19H19ClN2O6. The number of carboxylic acid groups (broad SMARTS) is 1. The maximum absolute atomic E-state index is 12.6. The summed E-state index contributed by atoms with van der Waals surface area (Å²) >= 11 is 5.76. The van der Waals surface area contributed by atoms with Crippen LogP contribution >= 0.6 is 11.6 Å². The van der Waals surface area contributed by atoms with Crippen molar-refractivity contribution in [1.29, 1.82) is 0 Å². The number of carbonyl (C=O) groups is 2. The van der Waals surface area contributed by atoms with E-state index < -0.39 is 28.5 Å². The summed E-state index contributed by atoms with van der Waals surface area (Å²) in [7, 11) is 0. The van der Waals surface area contributed by atoms with Crippen LogP contribution in [0.2, 0.25) is 5.02 Å². The lowest BCUT2D eigenvalue weighted by Crippen LogP contribution is -2.30. The minimum atomic E-state index is -1.12. The number of amides is 1. The number of hydrogen-bond donors (Lipinski definition) is 2. The molecular weight excluding hydrogens is 388 g/mol. The van der Waals surface area contributed by atoms with Crippen LogP contribution in [0.4, 0.5) is 5.69 Å². The van der Waals surface area contributed by atoms with Gasteiger partial charge >= 0.3 is 5.97 Å². The number of halogens is 1. The molecule has 2 N–H and O–H groups in total. The van der Waals surface area contributed by atoms with Gasteiger partial charge in [0.15, 0.2) is 0 Å². The van der Waals surface area contributed by atoms with Gasteiger partial charge in [-0.15, -0.1) is 0 Å². The largest absolute Gasteiger partial charge is 0.494 e. The first kappa shape index (κ1) is 21.2. The van der Waals surface area contributed by atoms with Gasteiger partial charge in [-0.05, 0) is 36.2 Å². The average Bonchev–Trinajstić information content (AvgIpc) is 2.65. The normalized spacial score (nSPS) is 11.5. The van der Waals surface area contributed by atoms with E-state index in [1.165, 1.54) is 12.1 Å². The summed E-state index contributed by atoms with van der Waals surface area (Å²) in [6, 6.07) is 9.44. The summed E-state index contributed by atoms with van der Waals surface area (Å²) in [6.07, 6.45) is 0.460. The SMILES string of the molecule is CCCOc1ccc(C(CC(=O)O)NC(=O)c2ccc(Cl)cc2[N+](=O)[O-])cc1. The summed E-state index contributed by atoms with van der Waals surface area (Å²) in [5, 5.41) is 23.0. The van der Waals surface area contributed by atoms with Gasteiger partial charge in [-0.1, -0.05) is 30.7 Å². The summed E-state index contributed by atoms with van der Waals surface area (Å²) in [4.78, 5) is 34.3. The molecule has 0 aliphatic carbocycles. The van der Waals surface area contributed by atoms with Crippen LogP contribution in [0.5, 0.6) is 5.75 Å². The van der Waals surface area contributed by atoms with Gasteiger partial charge in [-0.2, -0.15) is 0 Å². The van der Waals surface area contributed by atoms with E-state index in [0.29, 0.717) is 17.9 Å². The van der Waals surface area contributed by atoms with Crippen LogP contribution in [0.15, 0.2) is 42.5 Å². The lowest BCUT2D eigenvalue weighted by Gasteiger charge is -2.18. The van der Waals surface area contributed by atoms with Crippen LogP contribution in [-0.4, -0.2) is 28.5 Å². The molecule has 0 radical (unpaired) electrons. The van der Waals surface area contributed by atoms with Crippen LogP contribution in [0.3, 0.4) is 0 Å². The number of carbonyl (C=O) groups excluding carboxylic acids is 1. The molecule has 2 aromatic rings.